The van der Waals surface area contributed by atoms with Crippen LogP contribution in [0, 0.1) is 10.1 Å². The number of fused-ring (bicyclic) bond motifs is 1. The third kappa shape index (κ3) is 5.98. The van der Waals surface area contributed by atoms with Gasteiger partial charge in [-0.1, -0.05) is 47.2 Å². The lowest BCUT2D eigenvalue weighted by molar-refractivity contribution is -0.384. The molecule has 0 unspecified atom stereocenters. The van der Waals surface area contributed by atoms with Crippen molar-refractivity contribution in [2.24, 2.45) is 4.99 Å². The molecule has 4 aromatic rings. The Balaban J connectivity index is 1.49. The smallest absolute Gasteiger partial charge is 0.338 e. The van der Waals surface area contributed by atoms with Gasteiger partial charge in [0.05, 0.1) is 33.4 Å². The van der Waals surface area contributed by atoms with E-state index >= 15 is 0 Å². The lowest BCUT2D eigenvalue weighted by Gasteiger charge is -2.24. The monoisotopic (exact) mass is 589 g/mol. The van der Waals surface area contributed by atoms with Crippen molar-refractivity contribution in [3.05, 3.63) is 136 Å². The summed E-state index contributed by atoms with van der Waals surface area (Å²) in [5.74, 6) is 0.0465. The summed E-state index contributed by atoms with van der Waals surface area (Å²) in [5.41, 5.74) is 2.74. The first kappa shape index (κ1) is 28.0. The van der Waals surface area contributed by atoms with Gasteiger partial charge in [0, 0.05) is 17.2 Å². The van der Waals surface area contributed by atoms with E-state index in [0.29, 0.717) is 36.9 Å². The second-order valence-corrected chi connectivity index (χ2v) is 10.6. The molecule has 0 saturated heterocycles. The van der Waals surface area contributed by atoms with Crippen LogP contribution in [0.3, 0.4) is 0 Å². The molecule has 0 saturated carbocycles. The van der Waals surface area contributed by atoms with E-state index in [9.17, 15) is 19.7 Å². The largest absolute Gasteiger partial charge is 0.489 e. The summed E-state index contributed by atoms with van der Waals surface area (Å²) in [4.78, 5) is 42.3. The number of non-ortho nitro benzene ring substituents is 1. The summed E-state index contributed by atoms with van der Waals surface area (Å²) >= 11 is 7.34. The van der Waals surface area contributed by atoms with Crippen LogP contribution in [0.15, 0.2) is 93.9 Å². The first-order valence-electron chi connectivity index (χ1n) is 12.7. The molecule has 0 amide bonds. The Labute approximate surface area is 243 Å². The number of thiazole rings is 1. The van der Waals surface area contributed by atoms with Crippen LogP contribution < -0.4 is 19.6 Å². The SMILES string of the molecule is CCOC(=O)C1=C(C)N=c2s/c(=C\c3cccc(OCc4ccc([N+](=O)[O-])cc4)c3)c(=O)n2[C@H]1c1ccc(Cl)cc1. The number of hydrogen-bond acceptors (Lipinski definition) is 8. The lowest BCUT2D eigenvalue weighted by atomic mass is 9.96. The number of nitro groups is 1. The summed E-state index contributed by atoms with van der Waals surface area (Å²) in [6.45, 7) is 3.87. The average Bonchev–Trinajstić information content (AvgIpc) is 3.26. The Kier molecular flexibility index (Phi) is 8.14. The number of allylic oxidation sites excluding steroid dienone is 1. The maximum atomic E-state index is 13.8. The number of carbonyl (C=O) groups is 1. The minimum atomic E-state index is -0.721. The van der Waals surface area contributed by atoms with E-state index < -0.39 is 16.9 Å². The Morgan fingerprint density at radius 3 is 2.56 bits per heavy atom. The maximum absolute atomic E-state index is 13.8. The Morgan fingerprint density at radius 2 is 1.88 bits per heavy atom. The molecular weight excluding hydrogens is 566 g/mol. The van der Waals surface area contributed by atoms with Crippen molar-refractivity contribution in [3.8, 4) is 5.75 Å². The molecule has 0 aliphatic carbocycles. The van der Waals surface area contributed by atoms with E-state index in [2.05, 4.69) is 4.99 Å². The highest BCUT2D eigenvalue weighted by Crippen LogP contribution is 2.31. The highest BCUT2D eigenvalue weighted by Gasteiger charge is 2.33. The van der Waals surface area contributed by atoms with Crippen LogP contribution >= 0.6 is 22.9 Å². The van der Waals surface area contributed by atoms with Crippen molar-refractivity contribution in [2.75, 3.05) is 6.61 Å². The fourth-order valence-corrected chi connectivity index (χ4v) is 5.65. The molecule has 9 nitrogen and oxygen atoms in total. The number of halogens is 1. The minimum Gasteiger partial charge on any atom is -0.489 e. The number of benzene rings is 3. The summed E-state index contributed by atoms with van der Waals surface area (Å²) in [6, 6.07) is 19.7. The molecule has 3 aromatic carbocycles. The van der Waals surface area contributed by atoms with E-state index in [0.717, 1.165) is 11.1 Å². The molecule has 1 aromatic heterocycles. The van der Waals surface area contributed by atoms with Gasteiger partial charge < -0.3 is 9.47 Å². The van der Waals surface area contributed by atoms with Crippen molar-refractivity contribution in [1.29, 1.82) is 0 Å². The van der Waals surface area contributed by atoms with Gasteiger partial charge in [0.25, 0.3) is 11.2 Å². The molecule has 0 radical (unpaired) electrons. The predicted octanol–water partition coefficient (Wildman–Crippen LogP) is 4.94. The molecule has 41 heavy (non-hydrogen) atoms. The van der Waals surface area contributed by atoms with Crippen LogP contribution in [0.4, 0.5) is 5.69 Å². The number of carbonyl (C=O) groups excluding carboxylic acids is 1. The molecule has 11 heteroatoms. The number of rotatable bonds is 8. The normalized spacial score (nSPS) is 14.8. The first-order valence-corrected chi connectivity index (χ1v) is 13.9. The molecule has 2 heterocycles. The number of hydrogen-bond donors (Lipinski definition) is 0. The van der Waals surface area contributed by atoms with Crippen LogP contribution in [-0.2, 0) is 16.1 Å². The van der Waals surface area contributed by atoms with E-state index in [-0.39, 0.29) is 24.5 Å². The second kappa shape index (κ2) is 11.9. The van der Waals surface area contributed by atoms with Gasteiger partial charge in [-0.15, -0.1) is 0 Å². The molecule has 1 aliphatic heterocycles. The van der Waals surface area contributed by atoms with E-state index in [4.69, 9.17) is 21.1 Å². The Hall–Kier alpha value is -4.54. The average molecular weight is 590 g/mol. The van der Waals surface area contributed by atoms with Crippen LogP contribution in [0.25, 0.3) is 6.08 Å². The van der Waals surface area contributed by atoms with Crippen molar-refractivity contribution >= 4 is 40.7 Å². The molecule has 0 fully saturated rings. The zero-order chi connectivity index (χ0) is 29.1. The first-order chi connectivity index (χ1) is 19.7. The minimum absolute atomic E-state index is 0.0140. The summed E-state index contributed by atoms with van der Waals surface area (Å²) in [5, 5.41) is 11.4. The summed E-state index contributed by atoms with van der Waals surface area (Å²) < 4.78 is 13.2. The Bertz CT molecular complexity index is 1840. The van der Waals surface area contributed by atoms with Gasteiger partial charge in [0.2, 0.25) is 0 Å². The third-order valence-electron chi connectivity index (χ3n) is 6.41. The van der Waals surface area contributed by atoms with Crippen molar-refractivity contribution in [1.82, 2.24) is 4.57 Å². The van der Waals surface area contributed by atoms with Crippen LogP contribution in [0.5, 0.6) is 5.75 Å². The highest BCUT2D eigenvalue weighted by molar-refractivity contribution is 7.07. The number of nitrogens with zero attached hydrogens (tertiary/aromatic N) is 3. The fourth-order valence-electron chi connectivity index (χ4n) is 4.48. The molecule has 0 spiro atoms. The predicted molar refractivity (Wildman–Crippen MR) is 156 cm³/mol. The van der Waals surface area contributed by atoms with Gasteiger partial charge in [-0.3, -0.25) is 19.5 Å². The van der Waals surface area contributed by atoms with Gasteiger partial charge >= 0.3 is 5.97 Å². The topological polar surface area (TPSA) is 113 Å². The van der Waals surface area contributed by atoms with E-state index in [1.165, 1.54) is 28.0 Å². The number of ether oxygens (including phenoxy) is 2. The van der Waals surface area contributed by atoms with E-state index in [1.54, 1.807) is 68.5 Å². The fraction of sp³-hybridized carbons (Fsp3) is 0.167. The van der Waals surface area contributed by atoms with Gasteiger partial charge in [-0.05, 0) is 73.0 Å². The van der Waals surface area contributed by atoms with Crippen LogP contribution in [0.2, 0.25) is 5.02 Å². The molecule has 0 bridgehead atoms. The van der Waals surface area contributed by atoms with Gasteiger partial charge in [0.1, 0.15) is 12.4 Å². The van der Waals surface area contributed by atoms with Gasteiger partial charge in [-0.2, -0.15) is 0 Å². The molecule has 1 aliphatic rings. The number of aromatic nitrogens is 1. The maximum Gasteiger partial charge on any atom is 0.338 e. The zero-order valence-corrected chi connectivity index (χ0v) is 23.6. The highest BCUT2D eigenvalue weighted by atomic mass is 35.5. The number of esters is 1. The summed E-state index contributed by atoms with van der Waals surface area (Å²) in [7, 11) is 0. The van der Waals surface area contributed by atoms with Crippen molar-refractivity contribution < 1.29 is 19.2 Å². The standard InChI is InChI=1S/C30H24ClN3O6S/c1-3-39-29(36)26-18(2)32-30-33(27(26)21-9-11-22(31)12-10-21)28(35)25(41-30)16-20-5-4-6-24(15-20)40-17-19-7-13-23(14-8-19)34(37)38/h4-16,27H,3,17H2,1-2H3/b25-16-/t27-/m0/s1. The quantitative estimate of drug-likeness (QED) is 0.163. The molecule has 208 valence electrons. The zero-order valence-electron chi connectivity index (χ0n) is 22.1. The Morgan fingerprint density at radius 1 is 1.15 bits per heavy atom. The van der Waals surface area contributed by atoms with Gasteiger partial charge in [-0.25, -0.2) is 9.79 Å². The van der Waals surface area contributed by atoms with Crippen LogP contribution in [-0.4, -0.2) is 22.1 Å². The van der Waals surface area contributed by atoms with Crippen molar-refractivity contribution in [3.63, 3.8) is 0 Å². The third-order valence-corrected chi connectivity index (χ3v) is 7.65. The van der Waals surface area contributed by atoms with E-state index in [1.807, 2.05) is 12.1 Å². The summed E-state index contributed by atoms with van der Waals surface area (Å²) in [6.07, 6.45) is 1.75. The van der Waals surface area contributed by atoms with Crippen LogP contribution in [0.1, 0.15) is 36.6 Å². The number of nitro benzene ring substituents is 1. The molecule has 0 N–H and O–H groups in total. The second-order valence-electron chi connectivity index (χ2n) is 9.14. The molecule has 1 atom stereocenters. The lowest BCUT2D eigenvalue weighted by Crippen LogP contribution is -2.39. The van der Waals surface area contributed by atoms with Crippen molar-refractivity contribution in [2.45, 2.75) is 26.5 Å². The molecular formula is C30H24ClN3O6S. The molecule has 5 rings (SSSR count). The van der Waals surface area contributed by atoms with Gasteiger partial charge in [0.15, 0.2) is 4.80 Å².